The minimum atomic E-state index is 0.171. The van der Waals surface area contributed by atoms with Gasteiger partial charge in [0.25, 0.3) is 5.89 Å². The van der Waals surface area contributed by atoms with Crippen LogP contribution < -0.4 is 9.80 Å². The maximum atomic E-state index is 6.34. The smallest absolute Gasteiger partial charge is 0.274 e. The number of piperazine rings is 1. The van der Waals surface area contributed by atoms with Crippen LogP contribution in [-0.4, -0.2) is 36.4 Å². The van der Waals surface area contributed by atoms with Crippen LogP contribution in [0, 0.1) is 6.92 Å². The second-order valence-electron chi connectivity index (χ2n) is 7.13. The number of nitrogens with one attached hydrogen (secondary N) is 1. The summed E-state index contributed by atoms with van der Waals surface area (Å²) in [5.74, 6) is 1.29. The number of aromatic nitrogens is 2. The number of aryl methyl sites for hydroxylation is 1. The van der Waals surface area contributed by atoms with Gasteiger partial charge in [-0.15, -0.1) is 10.2 Å². The number of anilines is 1. The molecule has 5 nitrogen and oxygen atoms in total. The molecule has 3 aromatic rings. The third-order valence-corrected chi connectivity index (χ3v) is 5.61. The molecule has 0 unspecified atom stereocenters. The summed E-state index contributed by atoms with van der Waals surface area (Å²) >= 11 is 6.34. The fraction of sp³-hybridized carbons (Fsp3) is 0.333. The Hall–Kier alpha value is -2.37. The van der Waals surface area contributed by atoms with Crippen molar-refractivity contribution in [3.8, 4) is 11.5 Å². The molecule has 1 aliphatic rings. The van der Waals surface area contributed by atoms with Crippen molar-refractivity contribution in [3.63, 3.8) is 0 Å². The van der Waals surface area contributed by atoms with Crippen LogP contribution in [0.1, 0.15) is 24.4 Å². The number of quaternary nitrogens is 1. The number of para-hydroxylation sites is 1. The van der Waals surface area contributed by atoms with Crippen molar-refractivity contribution in [2.24, 2.45) is 0 Å². The number of benzene rings is 2. The monoisotopic (exact) mass is 383 g/mol. The quantitative estimate of drug-likeness (QED) is 0.751. The van der Waals surface area contributed by atoms with E-state index >= 15 is 0 Å². The lowest BCUT2D eigenvalue weighted by molar-refractivity contribution is -0.931. The third kappa shape index (κ3) is 3.84. The molecule has 2 aromatic carbocycles. The Morgan fingerprint density at radius 3 is 2.59 bits per heavy atom. The largest absolute Gasteiger partial charge is 0.415 e. The van der Waals surface area contributed by atoms with Crippen LogP contribution in [0.4, 0.5) is 5.69 Å². The highest BCUT2D eigenvalue weighted by atomic mass is 35.5. The molecule has 6 heteroatoms. The fourth-order valence-electron chi connectivity index (χ4n) is 3.65. The van der Waals surface area contributed by atoms with Gasteiger partial charge in [-0.05, 0) is 38.1 Å². The van der Waals surface area contributed by atoms with E-state index in [0.717, 1.165) is 42.5 Å². The number of nitrogens with zero attached hydrogens (tertiary/aromatic N) is 3. The lowest BCUT2D eigenvalue weighted by Gasteiger charge is -2.35. The summed E-state index contributed by atoms with van der Waals surface area (Å²) < 4.78 is 5.99. The van der Waals surface area contributed by atoms with E-state index in [4.69, 9.17) is 16.0 Å². The van der Waals surface area contributed by atoms with E-state index in [1.807, 2.05) is 30.3 Å². The normalized spacial score (nSPS) is 16.5. The number of halogens is 1. The Bertz CT molecular complexity index is 918. The van der Waals surface area contributed by atoms with Gasteiger partial charge in [0.05, 0.1) is 36.9 Å². The molecular formula is C21H24ClN4O+. The molecule has 1 N–H and O–H groups in total. The molecular weight excluding hydrogens is 360 g/mol. The first-order chi connectivity index (χ1) is 13.1. The SMILES string of the molecule is Cc1cccc(-c2nnc([C@@H](C)[NH+]3CCN(c4ccccc4Cl)CC3)o2)c1. The van der Waals surface area contributed by atoms with Gasteiger partial charge < -0.3 is 14.2 Å². The Morgan fingerprint density at radius 1 is 1.07 bits per heavy atom. The average Bonchev–Trinajstić information content (AvgIpc) is 3.18. The first-order valence-corrected chi connectivity index (χ1v) is 9.74. The predicted molar refractivity (Wildman–Crippen MR) is 107 cm³/mol. The van der Waals surface area contributed by atoms with E-state index in [1.54, 1.807) is 0 Å². The van der Waals surface area contributed by atoms with Gasteiger partial charge in [0.15, 0.2) is 6.04 Å². The maximum absolute atomic E-state index is 6.34. The van der Waals surface area contributed by atoms with Gasteiger partial charge in [0.2, 0.25) is 5.89 Å². The van der Waals surface area contributed by atoms with Crippen LogP contribution in [0.15, 0.2) is 52.9 Å². The summed E-state index contributed by atoms with van der Waals surface area (Å²) in [6.45, 7) is 8.16. The van der Waals surface area contributed by atoms with Crippen molar-refractivity contribution >= 4 is 17.3 Å². The van der Waals surface area contributed by atoms with Gasteiger partial charge in [0.1, 0.15) is 0 Å². The Morgan fingerprint density at radius 2 is 1.85 bits per heavy atom. The standard InChI is InChI=1S/C21H23ClN4O/c1-15-6-5-7-17(14-15)21-24-23-20(27-21)16(2)25-10-12-26(13-11-25)19-9-4-3-8-18(19)22/h3-9,14,16H,10-13H2,1-2H3/p+1/t16-/m1/s1. The molecule has 0 aliphatic carbocycles. The van der Waals surface area contributed by atoms with E-state index in [9.17, 15) is 0 Å². The molecule has 2 heterocycles. The van der Waals surface area contributed by atoms with Gasteiger partial charge in [0, 0.05) is 5.56 Å². The van der Waals surface area contributed by atoms with Crippen molar-refractivity contribution in [2.75, 3.05) is 31.1 Å². The van der Waals surface area contributed by atoms with Crippen LogP contribution in [0.25, 0.3) is 11.5 Å². The zero-order valence-electron chi connectivity index (χ0n) is 15.7. The molecule has 1 saturated heterocycles. The second-order valence-corrected chi connectivity index (χ2v) is 7.54. The van der Waals surface area contributed by atoms with Crippen molar-refractivity contribution in [2.45, 2.75) is 19.9 Å². The van der Waals surface area contributed by atoms with Crippen LogP contribution in [0.5, 0.6) is 0 Å². The van der Waals surface area contributed by atoms with Crippen molar-refractivity contribution < 1.29 is 9.32 Å². The molecule has 0 saturated carbocycles. The summed E-state index contributed by atoms with van der Waals surface area (Å²) in [5.41, 5.74) is 3.27. The van der Waals surface area contributed by atoms with Gasteiger partial charge in [-0.3, -0.25) is 0 Å². The van der Waals surface area contributed by atoms with Gasteiger partial charge in [-0.2, -0.15) is 0 Å². The van der Waals surface area contributed by atoms with Gasteiger partial charge in [-0.25, -0.2) is 0 Å². The number of hydrogen-bond donors (Lipinski definition) is 1. The highest BCUT2D eigenvalue weighted by Gasteiger charge is 2.29. The van der Waals surface area contributed by atoms with Crippen molar-refractivity contribution in [1.29, 1.82) is 0 Å². The minimum Gasteiger partial charge on any atom is -0.415 e. The molecule has 140 valence electrons. The average molecular weight is 384 g/mol. The van der Waals surface area contributed by atoms with Crippen LogP contribution in [-0.2, 0) is 0 Å². The predicted octanol–water partition coefficient (Wildman–Crippen LogP) is 3.16. The maximum Gasteiger partial charge on any atom is 0.274 e. The lowest BCUT2D eigenvalue weighted by atomic mass is 10.1. The topological polar surface area (TPSA) is 46.6 Å². The Kier molecular flexibility index (Phi) is 5.14. The highest BCUT2D eigenvalue weighted by Crippen LogP contribution is 2.25. The summed E-state index contributed by atoms with van der Waals surface area (Å²) in [4.78, 5) is 3.81. The van der Waals surface area contributed by atoms with Crippen molar-refractivity contribution in [1.82, 2.24) is 10.2 Å². The summed E-state index contributed by atoms with van der Waals surface area (Å²) in [5, 5.41) is 9.39. The van der Waals surface area contributed by atoms with E-state index < -0.39 is 0 Å². The van der Waals surface area contributed by atoms with E-state index in [0.29, 0.717) is 11.8 Å². The summed E-state index contributed by atoms with van der Waals surface area (Å²) in [6, 6.07) is 16.4. The van der Waals surface area contributed by atoms with Crippen LogP contribution in [0.3, 0.4) is 0 Å². The molecule has 27 heavy (non-hydrogen) atoms. The highest BCUT2D eigenvalue weighted by molar-refractivity contribution is 6.33. The molecule has 1 atom stereocenters. The summed E-state index contributed by atoms with van der Waals surface area (Å²) in [7, 11) is 0. The zero-order chi connectivity index (χ0) is 18.8. The molecule has 0 bridgehead atoms. The Balaban J connectivity index is 1.43. The Labute approximate surface area is 164 Å². The van der Waals surface area contributed by atoms with Gasteiger partial charge >= 0.3 is 0 Å². The third-order valence-electron chi connectivity index (χ3n) is 5.29. The van der Waals surface area contributed by atoms with E-state index in [-0.39, 0.29) is 6.04 Å². The molecule has 4 rings (SSSR count). The first-order valence-electron chi connectivity index (χ1n) is 9.36. The molecule has 0 amide bonds. The lowest BCUT2D eigenvalue weighted by Crippen LogP contribution is -3.14. The zero-order valence-corrected chi connectivity index (χ0v) is 16.4. The molecule has 0 radical (unpaired) electrons. The number of hydrogen-bond acceptors (Lipinski definition) is 4. The first kappa shape index (κ1) is 18.0. The fourth-order valence-corrected chi connectivity index (χ4v) is 3.91. The summed E-state index contributed by atoms with van der Waals surface area (Å²) in [6.07, 6.45) is 0. The molecule has 1 aromatic heterocycles. The van der Waals surface area contributed by atoms with Crippen LogP contribution in [0.2, 0.25) is 5.02 Å². The van der Waals surface area contributed by atoms with Crippen molar-refractivity contribution in [3.05, 3.63) is 65.0 Å². The molecule has 0 spiro atoms. The van der Waals surface area contributed by atoms with E-state index in [2.05, 4.69) is 47.1 Å². The van der Waals surface area contributed by atoms with Gasteiger partial charge in [-0.1, -0.05) is 41.4 Å². The number of rotatable bonds is 4. The minimum absolute atomic E-state index is 0.171. The van der Waals surface area contributed by atoms with Crippen LogP contribution >= 0.6 is 11.6 Å². The van der Waals surface area contributed by atoms with E-state index in [1.165, 1.54) is 10.5 Å². The molecule has 1 fully saturated rings. The molecule has 1 aliphatic heterocycles. The second kappa shape index (κ2) is 7.71.